The molecule has 2 nitrogen and oxygen atoms in total. The van der Waals surface area contributed by atoms with E-state index in [1.54, 1.807) is 0 Å². The fourth-order valence-corrected chi connectivity index (χ4v) is 5.36. The first-order valence-electron chi connectivity index (χ1n) is 11.2. The molecule has 4 aromatic carbocycles. The van der Waals surface area contributed by atoms with Gasteiger partial charge >= 0.3 is 0 Å². The summed E-state index contributed by atoms with van der Waals surface area (Å²) in [4.78, 5) is 4.98. The minimum atomic E-state index is 0.994. The lowest BCUT2D eigenvalue weighted by Gasteiger charge is -2.14. The molecule has 1 aliphatic carbocycles. The summed E-state index contributed by atoms with van der Waals surface area (Å²) in [5, 5.41) is 2.44. The Kier molecular flexibility index (Phi) is 3.73. The minimum absolute atomic E-state index is 0.994. The third-order valence-electron chi connectivity index (χ3n) is 6.76. The summed E-state index contributed by atoms with van der Waals surface area (Å²) in [7, 11) is 0. The highest BCUT2D eigenvalue weighted by Crippen LogP contribution is 2.49. The molecule has 1 aliphatic rings. The third-order valence-corrected chi connectivity index (χ3v) is 6.76. The van der Waals surface area contributed by atoms with Crippen molar-refractivity contribution in [3.8, 4) is 28.1 Å². The summed E-state index contributed by atoms with van der Waals surface area (Å²) in [6.07, 6.45) is 1.94. The van der Waals surface area contributed by atoms with Crippen molar-refractivity contribution in [3.05, 3.63) is 127 Å². The van der Waals surface area contributed by atoms with Gasteiger partial charge in [-0.1, -0.05) is 85.4 Å². The van der Waals surface area contributed by atoms with Crippen molar-refractivity contribution in [2.45, 2.75) is 0 Å². The predicted molar refractivity (Wildman–Crippen MR) is 138 cm³/mol. The Bertz CT molecular complexity index is 1720. The van der Waals surface area contributed by atoms with Crippen LogP contribution in [0, 0.1) is 0 Å². The van der Waals surface area contributed by atoms with Crippen molar-refractivity contribution < 1.29 is 0 Å². The van der Waals surface area contributed by atoms with Crippen molar-refractivity contribution in [2.24, 2.45) is 0 Å². The first kappa shape index (κ1) is 18.2. The molecule has 0 amide bonds. The summed E-state index contributed by atoms with van der Waals surface area (Å²) in [6.45, 7) is 4.41. The van der Waals surface area contributed by atoms with E-state index in [1.165, 1.54) is 38.5 Å². The highest BCUT2D eigenvalue weighted by molar-refractivity contribution is 6.15. The highest BCUT2D eigenvalue weighted by Gasteiger charge is 2.27. The molecule has 0 N–H and O–H groups in total. The maximum Gasteiger partial charge on any atom is 0.0955 e. The van der Waals surface area contributed by atoms with E-state index in [-0.39, 0.29) is 0 Å². The molecule has 0 bridgehead atoms. The average molecular weight is 421 g/mol. The van der Waals surface area contributed by atoms with Crippen LogP contribution in [0.2, 0.25) is 0 Å². The second-order valence-electron chi connectivity index (χ2n) is 8.50. The van der Waals surface area contributed by atoms with Crippen molar-refractivity contribution in [2.75, 3.05) is 0 Å². The highest BCUT2D eigenvalue weighted by atomic mass is 15.0. The molecule has 33 heavy (non-hydrogen) atoms. The summed E-state index contributed by atoms with van der Waals surface area (Å²) in [6, 6.07) is 36.4. The maximum atomic E-state index is 4.98. The largest absolute Gasteiger partial charge is 0.307 e. The van der Waals surface area contributed by atoms with Crippen LogP contribution in [0.15, 0.2) is 116 Å². The van der Waals surface area contributed by atoms with E-state index in [0.29, 0.717) is 0 Å². The van der Waals surface area contributed by atoms with Gasteiger partial charge in [-0.05, 0) is 52.1 Å². The zero-order valence-corrected chi connectivity index (χ0v) is 18.0. The minimum Gasteiger partial charge on any atom is -0.307 e. The van der Waals surface area contributed by atoms with Crippen LogP contribution in [0.25, 0.3) is 55.5 Å². The number of rotatable bonds is 2. The van der Waals surface area contributed by atoms with Crippen molar-refractivity contribution in [3.63, 3.8) is 0 Å². The summed E-state index contributed by atoms with van der Waals surface area (Å²) < 4.78 is 2.35. The van der Waals surface area contributed by atoms with Crippen molar-refractivity contribution in [1.29, 1.82) is 0 Å². The number of aromatic nitrogens is 2. The molecule has 0 saturated carbocycles. The molecule has 0 spiro atoms. The van der Waals surface area contributed by atoms with E-state index >= 15 is 0 Å². The molecule has 0 atom stereocenters. The molecule has 2 heterocycles. The van der Waals surface area contributed by atoms with E-state index in [2.05, 4.69) is 114 Å². The first-order valence-corrected chi connectivity index (χ1v) is 11.2. The zero-order valence-electron chi connectivity index (χ0n) is 18.0. The Labute approximate surface area is 192 Å². The molecule has 0 fully saturated rings. The molecule has 6 aromatic rings. The SMILES string of the molecule is C=C1c2ccccc2-c2c1cccc2-c1nccc2c3ccccc3n(-c3ccccc3)c12. The lowest BCUT2D eigenvalue weighted by molar-refractivity contribution is 1.17. The topological polar surface area (TPSA) is 17.8 Å². The molecule has 2 heteroatoms. The number of fused-ring (bicyclic) bond motifs is 6. The first-order chi connectivity index (χ1) is 16.3. The lowest BCUT2D eigenvalue weighted by Crippen LogP contribution is -1.97. The number of nitrogens with zero attached hydrogens (tertiary/aromatic N) is 2. The summed E-state index contributed by atoms with van der Waals surface area (Å²) in [5.74, 6) is 0. The van der Waals surface area contributed by atoms with Crippen LogP contribution in [0.3, 0.4) is 0 Å². The quantitative estimate of drug-likeness (QED) is 0.278. The van der Waals surface area contributed by atoms with Crippen LogP contribution in [0.4, 0.5) is 0 Å². The van der Waals surface area contributed by atoms with E-state index in [9.17, 15) is 0 Å². The Morgan fingerprint density at radius 2 is 1.27 bits per heavy atom. The van der Waals surface area contributed by atoms with Gasteiger partial charge in [0.1, 0.15) is 0 Å². The third kappa shape index (κ3) is 2.46. The summed E-state index contributed by atoms with van der Waals surface area (Å²) >= 11 is 0. The Morgan fingerprint density at radius 3 is 2.15 bits per heavy atom. The number of para-hydroxylation sites is 2. The van der Waals surface area contributed by atoms with Crippen LogP contribution in [-0.2, 0) is 0 Å². The predicted octanol–water partition coefficient (Wildman–Crippen LogP) is 7.89. The van der Waals surface area contributed by atoms with E-state index in [1.807, 2.05) is 6.20 Å². The van der Waals surface area contributed by atoms with Gasteiger partial charge in [-0.2, -0.15) is 0 Å². The second kappa shape index (κ2) is 6.78. The molecule has 0 radical (unpaired) electrons. The van der Waals surface area contributed by atoms with E-state index in [0.717, 1.165) is 28.0 Å². The molecule has 154 valence electrons. The van der Waals surface area contributed by atoms with Crippen LogP contribution in [-0.4, -0.2) is 9.55 Å². The lowest BCUT2D eigenvalue weighted by atomic mass is 9.96. The number of benzene rings is 4. The Morgan fingerprint density at radius 1 is 0.576 bits per heavy atom. The maximum absolute atomic E-state index is 4.98. The van der Waals surface area contributed by atoms with Gasteiger partial charge in [-0.15, -0.1) is 0 Å². The number of hydrogen-bond acceptors (Lipinski definition) is 1. The van der Waals surface area contributed by atoms with Crippen molar-refractivity contribution in [1.82, 2.24) is 9.55 Å². The van der Waals surface area contributed by atoms with Crippen LogP contribution >= 0.6 is 0 Å². The van der Waals surface area contributed by atoms with E-state index in [4.69, 9.17) is 4.98 Å². The van der Waals surface area contributed by atoms with Gasteiger partial charge in [0.15, 0.2) is 0 Å². The standard InChI is InChI=1S/C31H20N2/c1-20-22-12-5-6-14-25(22)29-23(20)15-9-16-27(29)30-31-26(18-19-32-30)24-13-7-8-17-28(24)33(31)21-10-3-2-4-11-21/h2-19H,1H2. The molecule has 0 saturated heterocycles. The van der Waals surface area contributed by atoms with Gasteiger partial charge in [0.2, 0.25) is 0 Å². The average Bonchev–Trinajstić information content (AvgIpc) is 3.37. The van der Waals surface area contributed by atoms with Gasteiger partial charge in [-0.3, -0.25) is 4.98 Å². The van der Waals surface area contributed by atoms with Crippen LogP contribution in [0.5, 0.6) is 0 Å². The van der Waals surface area contributed by atoms with Gasteiger partial charge in [0, 0.05) is 28.2 Å². The summed E-state index contributed by atoms with van der Waals surface area (Å²) in [5.41, 5.74) is 11.5. The monoisotopic (exact) mass is 420 g/mol. The van der Waals surface area contributed by atoms with Gasteiger partial charge in [-0.25, -0.2) is 0 Å². The molecule has 7 rings (SSSR count). The zero-order chi connectivity index (χ0) is 21.9. The molecular formula is C31H20N2. The van der Waals surface area contributed by atoms with Gasteiger partial charge < -0.3 is 4.57 Å². The molecule has 2 aromatic heterocycles. The van der Waals surface area contributed by atoms with Crippen LogP contribution < -0.4 is 0 Å². The number of pyridine rings is 1. The van der Waals surface area contributed by atoms with Gasteiger partial charge in [0.05, 0.1) is 16.7 Å². The van der Waals surface area contributed by atoms with Crippen LogP contribution in [0.1, 0.15) is 11.1 Å². The normalized spacial score (nSPS) is 12.3. The smallest absolute Gasteiger partial charge is 0.0955 e. The second-order valence-corrected chi connectivity index (χ2v) is 8.50. The Balaban J connectivity index is 1.65. The molecule has 0 unspecified atom stereocenters. The molecule has 0 aliphatic heterocycles. The fourth-order valence-electron chi connectivity index (χ4n) is 5.36. The van der Waals surface area contributed by atoms with Gasteiger partial charge in [0.25, 0.3) is 0 Å². The van der Waals surface area contributed by atoms with Crippen molar-refractivity contribution >= 4 is 27.4 Å². The van der Waals surface area contributed by atoms with E-state index < -0.39 is 0 Å². The Hall–Kier alpha value is -4.43. The number of hydrogen-bond donors (Lipinski definition) is 0. The fraction of sp³-hybridized carbons (Fsp3) is 0. The molecular weight excluding hydrogens is 400 g/mol.